The normalized spacial score (nSPS) is 11.3. The summed E-state index contributed by atoms with van der Waals surface area (Å²) in [5.41, 5.74) is 9.32. The minimum Gasteiger partial charge on any atom is -0.493 e. The molecule has 146 valence electrons. The summed E-state index contributed by atoms with van der Waals surface area (Å²) in [6.45, 7) is 4.53. The SMILES string of the molecule is CCCOCc1ccccc1CNC(N)=NCc1ccc(OC)c(OC)c1. The predicted molar refractivity (Wildman–Crippen MR) is 108 cm³/mol. The number of hydrogen-bond donors (Lipinski definition) is 2. The number of ether oxygens (including phenoxy) is 3. The number of nitrogens with one attached hydrogen (secondary N) is 1. The molecule has 0 amide bonds. The second kappa shape index (κ2) is 11.1. The van der Waals surface area contributed by atoms with E-state index >= 15 is 0 Å². The summed E-state index contributed by atoms with van der Waals surface area (Å²) >= 11 is 0. The molecule has 27 heavy (non-hydrogen) atoms. The summed E-state index contributed by atoms with van der Waals surface area (Å²) in [6, 6.07) is 13.9. The molecule has 6 heteroatoms. The number of aliphatic imine (C=N–C) groups is 1. The van der Waals surface area contributed by atoms with E-state index in [0.717, 1.165) is 29.7 Å². The van der Waals surface area contributed by atoms with Crippen molar-refractivity contribution in [2.24, 2.45) is 10.7 Å². The van der Waals surface area contributed by atoms with Crippen LogP contribution >= 0.6 is 0 Å². The number of guanidine groups is 1. The molecule has 0 fully saturated rings. The molecule has 0 aliphatic carbocycles. The Bertz CT molecular complexity index is 747. The molecule has 0 aliphatic rings. The second-order valence-electron chi connectivity index (χ2n) is 6.07. The average Bonchev–Trinajstić information content (AvgIpc) is 2.71. The van der Waals surface area contributed by atoms with Crippen molar-refractivity contribution < 1.29 is 14.2 Å². The third kappa shape index (κ3) is 6.49. The van der Waals surface area contributed by atoms with E-state index in [1.807, 2.05) is 30.3 Å². The summed E-state index contributed by atoms with van der Waals surface area (Å²) in [5.74, 6) is 1.77. The Morgan fingerprint density at radius 2 is 1.78 bits per heavy atom. The summed E-state index contributed by atoms with van der Waals surface area (Å²) in [7, 11) is 3.23. The summed E-state index contributed by atoms with van der Waals surface area (Å²) in [5, 5.41) is 3.17. The van der Waals surface area contributed by atoms with Gasteiger partial charge in [-0.3, -0.25) is 0 Å². The van der Waals surface area contributed by atoms with Crippen molar-refractivity contribution in [3.8, 4) is 11.5 Å². The highest BCUT2D eigenvalue weighted by molar-refractivity contribution is 5.77. The Hall–Kier alpha value is -2.73. The van der Waals surface area contributed by atoms with Crippen molar-refractivity contribution in [2.45, 2.75) is 33.0 Å². The minimum atomic E-state index is 0.397. The Morgan fingerprint density at radius 3 is 2.48 bits per heavy atom. The first-order valence-electron chi connectivity index (χ1n) is 9.07. The van der Waals surface area contributed by atoms with Gasteiger partial charge in [0.1, 0.15) is 0 Å². The fraction of sp³-hybridized carbons (Fsp3) is 0.381. The van der Waals surface area contributed by atoms with E-state index in [2.05, 4.69) is 29.4 Å². The van der Waals surface area contributed by atoms with E-state index in [0.29, 0.717) is 37.2 Å². The lowest BCUT2D eigenvalue weighted by Crippen LogP contribution is -2.31. The topological polar surface area (TPSA) is 78.1 Å². The van der Waals surface area contributed by atoms with Crippen molar-refractivity contribution in [1.29, 1.82) is 0 Å². The van der Waals surface area contributed by atoms with E-state index in [1.165, 1.54) is 0 Å². The maximum atomic E-state index is 6.02. The molecule has 0 saturated carbocycles. The van der Waals surface area contributed by atoms with Crippen LogP contribution in [0.5, 0.6) is 11.5 Å². The first-order valence-corrected chi connectivity index (χ1v) is 9.07. The van der Waals surface area contributed by atoms with Crippen molar-refractivity contribution in [3.05, 3.63) is 59.2 Å². The van der Waals surface area contributed by atoms with Gasteiger partial charge < -0.3 is 25.3 Å². The first-order chi connectivity index (χ1) is 13.2. The molecule has 0 radical (unpaired) electrons. The van der Waals surface area contributed by atoms with E-state index in [-0.39, 0.29) is 0 Å². The highest BCUT2D eigenvalue weighted by atomic mass is 16.5. The Morgan fingerprint density at radius 1 is 1.04 bits per heavy atom. The number of rotatable bonds is 10. The van der Waals surface area contributed by atoms with Gasteiger partial charge in [-0.25, -0.2) is 4.99 Å². The third-order valence-corrected chi connectivity index (χ3v) is 4.06. The lowest BCUT2D eigenvalue weighted by atomic mass is 10.1. The molecule has 0 saturated heterocycles. The van der Waals surface area contributed by atoms with Crippen LogP contribution in [-0.4, -0.2) is 26.8 Å². The van der Waals surface area contributed by atoms with Gasteiger partial charge in [-0.2, -0.15) is 0 Å². The molecular weight excluding hydrogens is 342 g/mol. The number of hydrogen-bond acceptors (Lipinski definition) is 4. The fourth-order valence-corrected chi connectivity index (χ4v) is 2.59. The molecule has 2 aromatic rings. The van der Waals surface area contributed by atoms with Crippen LogP contribution in [0.3, 0.4) is 0 Å². The molecule has 0 aromatic heterocycles. The van der Waals surface area contributed by atoms with Gasteiger partial charge >= 0.3 is 0 Å². The van der Waals surface area contributed by atoms with Gasteiger partial charge in [0.25, 0.3) is 0 Å². The van der Waals surface area contributed by atoms with Gasteiger partial charge in [0.2, 0.25) is 0 Å². The number of nitrogens with two attached hydrogens (primary N) is 1. The minimum absolute atomic E-state index is 0.397. The van der Waals surface area contributed by atoms with Gasteiger partial charge in [-0.15, -0.1) is 0 Å². The molecule has 0 unspecified atom stereocenters. The molecule has 3 N–H and O–H groups in total. The van der Waals surface area contributed by atoms with Crippen LogP contribution in [0, 0.1) is 0 Å². The van der Waals surface area contributed by atoms with E-state index in [4.69, 9.17) is 19.9 Å². The van der Waals surface area contributed by atoms with Crippen LogP contribution in [-0.2, 0) is 24.4 Å². The largest absolute Gasteiger partial charge is 0.493 e. The van der Waals surface area contributed by atoms with Crippen LogP contribution in [0.4, 0.5) is 0 Å². The lowest BCUT2D eigenvalue weighted by molar-refractivity contribution is 0.121. The van der Waals surface area contributed by atoms with Crippen molar-refractivity contribution in [3.63, 3.8) is 0 Å². The standard InChI is InChI=1S/C21H29N3O3/c1-4-11-27-15-18-8-6-5-7-17(18)14-24-21(22)23-13-16-9-10-19(25-2)20(12-16)26-3/h5-10,12H,4,11,13-15H2,1-3H3,(H3,22,23,24). The quantitative estimate of drug-likeness (QED) is 0.381. The second-order valence-corrected chi connectivity index (χ2v) is 6.07. The Kier molecular flexibility index (Phi) is 8.45. The van der Waals surface area contributed by atoms with Crippen molar-refractivity contribution in [1.82, 2.24) is 5.32 Å². The van der Waals surface area contributed by atoms with Crippen LogP contribution < -0.4 is 20.5 Å². The average molecular weight is 371 g/mol. The first kappa shape index (κ1) is 20.6. The van der Waals surface area contributed by atoms with Gasteiger partial charge in [0.15, 0.2) is 17.5 Å². The van der Waals surface area contributed by atoms with Gasteiger partial charge in [-0.05, 0) is 35.2 Å². The molecule has 0 bridgehead atoms. The Balaban J connectivity index is 1.93. The smallest absolute Gasteiger partial charge is 0.189 e. The zero-order chi connectivity index (χ0) is 19.5. The maximum absolute atomic E-state index is 6.02. The van der Waals surface area contributed by atoms with E-state index in [1.54, 1.807) is 14.2 Å². The van der Waals surface area contributed by atoms with Gasteiger partial charge in [0.05, 0.1) is 27.4 Å². The molecule has 0 heterocycles. The van der Waals surface area contributed by atoms with Crippen LogP contribution in [0.1, 0.15) is 30.0 Å². The monoisotopic (exact) mass is 371 g/mol. The van der Waals surface area contributed by atoms with Crippen LogP contribution in [0.25, 0.3) is 0 Å². The molecule has 0 aliphatic heterocycles. The molecule has 0 atom stereocenters. The summed E-state index contributed by atoms with van der Waals surface area (Å²) < 4.78 is 16.2. The molecule has 2 aromatic carbocycles. The molecule has 2 rings (SSSR count). The highest BCUT2D eigenvalue weighted by Gasteiger charge is 2.05. The fourth-order valence-electron chi connectivity index (χ4n) is 2.59. The van der Waals surface area contributed by atoms with E-state index in [9.17, 15) is 0 Å². The molecular formula is C21H29N3O3. The van der Waals surface area contributed by atoms with E-state index < -0.39 is 0 Å². The maximum Gasteiger partial charge on any atom is 0.189 e. The van der Waals surface area contributed by atoms with Gasteiger partial charge in [-0.1, -0.05) is 37.3 Å². The number of nitrogens with zero attached hydrogens (tertiary/aromatic N) is 1. The van der Waals surface area contributed by atoms with Crippen molar-refractivity contribution >= 4 is 5.96 Å². The zero-order valence-corrected chi connectivity index (χ0v) is 16.3. The number of methoxy groups -OCH3 is 2. The third-order valence-electron chi connectivity index (χ3n) is 4.06. The summed E-state index contributed by atoms with van der Waals surface area (Å²) in [4.78, 5) is 4.40. The lowest BCUT2D eigenvalue weighted by Gasteiger charge is -2.12. The zero-order valence-electron chi connectivity index (χ0n) is 16.3. The summed E-state index contributed by atoms with van der Waals surface area (Å²) in [6.07, 6.45) is 1.01. The Labute approximate surface area is 161 Å². The van der Waals surface area contributed by atoms with Crippen molar-refractivity contribution in [2.75, 3.05) is 20.8 Å². The van der Waals surface area contributed by atoms with Crippen LogP contribution in [0.2, 0.25) is 0 Å². The number of benzene rings is 2. The predicted octanol–water partition coefficient (Wildman–Crippen LogP) is 3.23. The van der Waals surface area contributed by atoms with Gasteiger partial charge in [0, 0.05) is 13.2 Å². The highest BCUT2D eigenvalue weighted by Crippen LogP contribution is 2.27. The molecule has 6 nitrogen and oxygen atoms in total. The van der Waals surface area contributed by atoms with Crippen LogP contribution in [0.15, 0.2) is 47.5 Å². The molecule has 0 spiro atoms.